The van der Waals surface area contributed by atoms with Gasteiger partial charge < -0.3 is 15.8 Å². The van der Waals surface area contributed by atoms with E-state index in [1.54, 1.807) is 0 Å². The topological polar surface area (TPSA) is 159 Å². The molecule has 0 aliphatic heterocycles. The van der Waals surface area contributed by atoms with E-state index in [-0.39, 0.29) is 21.0 Å². The highest BCUT2D eigenvalue weighted by Gasteiger charge is 2.44. The largest absolute Gasteiger partial charge is 0.465 e. The van der Waals surface area contributed by atoms with Crippen molar-refractivity contribution in [3.63, 3.8) is 0 Å². The fourth-order valence-electron chi connectivity index (χ4n) is 2.59. The van der Waals surface area contributed by atoms with Crippen molar-refractivity contribution >= 4 is 39.8 Å². The van der Waals surface area contributed by atoms with Crippen molar-refractivity contribution < 1.29 is 37.2 Å². The van der Waals surface area contributed by atoms with Crippen LogP contribution in [0.25, 0.3) is 0 Å². The molecule has 3 N–H and O–H groups in total. The lowest BCUT2D eigenvalue weighted by atomic mass is 10.1. The Bertz CT molecular complexity index is 1060. The summed E-state index contributed by atoms with van der Waals surface area (Å²) in [6.45, 7) is 1.58. The number of primary amides is 1. The van der Waals surface area contributed by atoms with E-state index in [1.807, 2.05) is 0 Å². The molecule has 0 bridgehead atoms. The van der Waals surface area contributed by atoms with Crippen LogP contribution in [-0.2, 0) is 22.3 Å². The number of rotatable bonds is 6. The normalized spacial score (nSPS) is 11.3. The van der Waals surface area contributed by atoms with Gasteiger partial charge in [0.25, 0.3) is 5.91 Å². The van der Waals surface area contributed by atoms with Crippen LogP contribution in [0.4, 0.5) is 23.9 Å². The van der Waals surface area contributed by atoms with Gasteiger partial charge in [-0.1, -0.05) is 0 Å². The summed E-state index contributed by atoms with van der Waals surface area (Å²) in [5.74, 6) is -2.69. The van der Waals surface area contributed by atoms with Crippen molar-refractivity contribution in [1.82, 2.24) is 9.78 Å². The van der Waals surface area contributed by atoms with Gasteiger partial charge in [0.2, 0.25) is 11.6 Å². The Morgan fingerprint density at radius 2 is 1.93 bits per heavy atom. The van der Waals surface area contributed by atoms with Gasteiger partial charge in [-0.25, -0.2) is 4.79 Å². The summed E-state index contributed by atoms with van der Waals surface area (Å²) in [6.07, 6.45) is -5.10. The summed E-state index contributed by atoms with van der Waals surface area (Å²) in [4.78, 5) is 45.5. The van der Waals surface area contributed by atoms with Crippen LogP contribution in [0.2, 0.25) is 0 Å². The van der Waals surface area contributed by atoms with E-state index in [4.69, 9.17) is 5.73 Å². The first kappa shape index (κ1) is 22.8. The number of methoxy groups -OCH3 is 1. The second-order valence-electron chi connectivity index (χ2n) is 5.86. The molecular formula is C15H14F3N5O6S. The van der Waals surface area contributed by atoms with Crippen LogP contribution >= 0.6 is 11.3 Å². The number of carbonyl (C=O) groups excluding carboxylic acids is 3. The monoisotopic (exact) mass is 449 g/mol. The number of nitro groups is 1. The minimum atomic E-state index is -5.10. The third-order valence-corrected chi connectivity index (χ3v) is 5.15. The molecule has 15 heteroatoms. The minimum Gasteiger partial charge on any atom is -0.465 e. The predicted octanol–water partition coefficient (Wildman–Crippen LogP) is 2.01. The van der Waals surface area contributed by atoms with E-state index in [0.29, 0.717) is 16.0 Å². The quantitative estimate of drug-likeness (QED) is 0.387. The van der Waals surface area contributed by atoms with Crippen LogP contribution in [0, 0.1) is 24.0 Å². The Hall–Kier alpha value is -3.49. The summed E-state index contributed by atoms with van der Waals surface area (Å²) in [5, 5.41) is 16.3. The Kier molecular flexibility index (Phi) is 6.15. The molecule has 2 aromatic heterocycles. The number of alkyl halides is 3. The summed E-state index contributed by atoms with van der Waals surface area (Å²) in [6, 6.07) is 0. The number of aromatic nitrogens is 2. The van der Waals surface area contributed by atoms with Gasteiger partial charge in [0.1, 0.15) is 17.2 Å². The highest BCUT2D eigenvalue weighted by molar-refractivity contribution is 7.18. The number of esters is 1. The second-order valence-corrected chi connectivity index (χ2v) is 6.88. The van der Waals surface area contributed by atoms with Crippen molar-refractivity contribution in [1.29, 1.82) is 0 Å². The second kappa shape index (κ2) is 8.10. The molecule has 30 heavy (non-hydrogen) atoms. The molecular weight excluding hydrogens is 435 g/mol. The van der Waals surface area contributed by atoms with Gasteiger partial charge in [0.15, 0.2) is 0 Å². The van der Waals surface area contributed by atoms with Crippen LogP contribution in [0.3, 0.4) is 0 Å². The maximum Gasteiger partial charge on any atom is 0.442 e. The molecule has 0 aliphatic carbocycles. The lowest BCUT2D eigenvalue weighted by Gasteiger charge is -2.07. The number of amides is 2. The number of carbonyl (C=O) groups is 3. The van der Waals surface area contributed by atoms with Crippen LogP contribution < -0.4 is 11.1 Å². The molecule has 0 saturated carbocycles. The van der Waals surface area contributed by atoms with Crippen molar-refractivity contribution in [3.05, 3.63) is 37.5 Å². The van der Waals surface area contributed by atoms with Crippen LogP contribution in [-0.4, -0.2) is 39.6 Å². The van der Waals surface area contributed by atoms with E-state index < -0.39 is 52.5 Å². The number of anilines is 1. The van der Waals surface area contributed by atoms with E-state index in [0.717, 1.165) is 14.0 Å². The molecule has 162 valence electrons. The molecule has 2 aromatic rings. The Morgan fingerprint density at radius 3 is 2.37 bits per heavy atom. The summed E-state index contributed by atoms with van der Waals surface area (Å²) in [5.41, 5.74) is 1.73. The van der Waals surface area contributed by atoms with Crippen molar-refractivity contribution in [2.24, 2.45) is 5.73 Å². The van der Waals surface area contributed by atoms with Gasteiger partial charge in [-0.3, -0.25) is 24.4 Å². The number of hydrogen-bond donors (Lipinski definition) is 2. The van der Waals surface area contributed by atoms with Gasteiger partial charge in [-0.2, -0.15) is 18.3 Å². The van der Waals surface area contributed by atoms with E-state index in [2.05, 4.69) is 15.2 Å². The fraction of sp³-hybridized carbons (Fsp3) is 0.333. The van der Waals surface area contributed by atoms with Crippen molar-refractivity contribution in [2.45, 2.75) is 26.6 Å². The third kappa shape index (κ3) is 4.24. The van der Waals surface area contributed by atoms with Crippen LogP contribution in [0.1, 0.15) is 37.0 Å². The summed E-state index contributed by atoms with van der Waals surface area (Å²) < 4.78 is 44.2. The number of hydrogen-bond acceptors (Lipinski definition) is 8. The smallest absolute Gasteiger partial charge is 0.442 e. The fourth-order valence-corrected chi connectivity index (χ4v) is 3.65. The Balaban J connectivity index is 2.40. The van der Waals surface area contributed by atoms with Gasteiger partial charge in [-0.15, -0.1) is 11.3 Å². The Labute approximate surface area is 169 Å². The lowest BCUT2D eigenvalue weighted by Crippen LogP contribution is -2.21. The summed E-state index contributed by atoms with van der Waals surface area (Å²) >= 11 is 0.673. The SMILES string of the molecule is COC(=O)c1c(NC(=O)Cn2nc(C(F)(F)F)c([N+](=O)[O-])c2C)sc(C(N)=O)c1C. The summed E-state index contributed by atoms with van der Waals surface area (Å²) in [7, 11) is 1.07. The number of thiophene rings is 1. The molecule has 11 nitrogen and oxygen atoms in total. The van der Waals surface area contributed by atoms with Gasteiger partial charge in [0, 0.05) is 0 Å². The average molecular weight is 449 g/mol. The zero-order chi connectivity index (χ0) is 23.0. The number of ether oxygens (including phenoxy) is 1. The number of halogens is 3. The van der Waals surface area contributed by atoms with E-state index in [1.165, 1.54) is 6.92 Å². The minimum absolute atomic E-state index is 0.0315. The maximum absolute atomic E-state index is 13.0. The zero-order valence-corrected chi connectivity index (χ0v) is 16.4. The van der Waals surface area contributed by atoms with Crippen molar-refractivity contribution in [2.75, 3.05) is 12.4 Å². The number of nitrogens with zero attached hydrogens (tertiary/aromatic N) is 3. The molecule has 2 amide bonds. The third-order valence-electron chi connectivity index (χ3n) is 3.93. The van der Waals surface area contributed by atoms with Crippen LogP contribution in [0.15, 0.2) is 0 Å². The molecule has 0 aliphatic rings. The molecule has 0 atom stereocenters. The van der Waals surface area contributed by atoms with E-state index >= 15 is 0 Å². The first-order valence-corrected chi connectivity index (χ1v) is 8.71. The molecule has 0 saturated heterocycles. The molecule has 2 heterocycles. The average Bonchev–Trinajstić information content (AvgIpc) is 3.11. The lowest BCUT2D eigenvalue weighted by molar-refractivity contribution is -0.388. The molecule has 0 spiro atoms. The first-order chi connectivity index (χ1) is 13.8. The highest BCUT2D eigenvalue weighted by Crippen LogP contribution is 2.37. The molecule has 0 fully saturated rings. The van der Waals surface area contributed by atoms with Crippen LogP contribution in [0.5, 0.6) is 0 Å². The van der Waals surface area contributed by atoms with Gasteiger partial charge >= 0.3 is 17.8 Å². The molecule has 2 rings (SSSR count). The van der Waals surface area contributed by atoms with Gasteiger partial charge in [0.05, 0.1) is 22.5 Å². The van der Waals surface area contributed by atoms with Gasteiger partial charge in [-0.05, 0) is 19.4 Å². The standard InChI is InChI=1S/C15H14F3N5O6S/c1-5-8(14(26)29-3)13(30-10(5)12(19)25)20-7(24)4-22-6(2)9(23(27)28)11(21-22)15(16,17)18/h4H2,1-3H3,(H2,19,25)(H,20,24). The number of nitrogens with one attached hydrogen (secondary N) is 1. The molecule has 0 unspecified atom stereocenters. The predicted molar refractivity (Wildman–Crippen MR) is 96.2 cm³/mol. The first-order valence-electron chi connectivity index (χ1n) is 7.89. The van der Waals surface area contributed by atoms with E-state index in [9.17, 15) is 37.7 Å². The maximum atomic E-state index is 13.0. The molecule has 0 radical (unpaired) electrons. The zero-order valence-electron chi connectivity index (χ0n) is 15.6. The number of nitrogens with two attached hydrogens (primary N) is 1. The van der Waals surface area contributed by atoms with Crippen molar-refractivity contribution in [3.8, 4) is 0 Å². The molecule has 0 aromatic carbocycles. The highest BCUT2D eigenvalue weighted by atomic mass is 32.1. The Morgan fingerprint density at radius 1 is 1.33 bits per heavy atom.